The highest BCUT2D eigenvalue weighted by Gasteiger charge is 2.22. The summed E-state index contributed by atoms with van der Waals surface area (Å²) in [6.07, 6.45) is 1.54. The van der Waals surface area contributed by atoms with Crippen LogP contribution in [0.25, 0.3) is 0 Å². The van der Waals surface area contributed by atoms with Crippen molar-refractivity contribution in [3.63, 3.8) is 0 Å². The van der Waals surface area contributed by atoms with Crippen molar-refractivity contribution in [2.24, 2.45) is 5.73 Å². The van der Waals surface area contributed by atoms with Gasteiger partial charge in [0, 0.05) is 24.8 Å². The first-order valence-electron chi connectivity index (χ1n) is 7.21. The van der Waals surface area contributed by atoms with Crippen LogP contribution < -0.4 is 10.6 Å². The molecule has 3 heteroatoms. The molecule has 1 fully saturated rings. The normalized spacial score (nSPS) is 25.4. The summed E-state index contributed by atoms with van der Waals surface area (Å²) < 4.78 is 5.79. The smallest absolute Gasteiger partial charge is 0.0726 e. The van der Waals surface area contributed by atoms with Gasteiger partial charge in [-0.05, 0) is 57.4 Å². The molecule has 2 N–H and O–H groups in total. The summed E-state index contributed by atoms with van der Waals surface area (Å²) in [6, 6.07) is 6.93. The Bertz CT molecular complexity index is 421. The van der Waals surface area contributed by atoms with Gasteiger partial charge in [0.15, 0.2) is 0 Å². The number of anilines is 1. The molecule has 1 aliphatic rings. The van der Waals surface area contributed by atoms with E-state index in [-0.39, 0.29) is 6.04 Å². The van der Waals surface area contributed by atoms with Crippen LogP contribution in [0.15, 0.2) is 18.2 Å². The van der Waals surface area contributed by atoms with Gasteiger partial charge in [0.05, 0.1) is 12.2 Å². The summed E-state index contributed by atoms with van der Waals surface area (Å²) in [5.74, 6) is 0. The second-order valence-electron chi connectivity index (χ2n) is 5.95. The van der Waals surface area contributed by atoms with Crippen molar-refractivity contribution in [2.75, 3.05) is 18.0 Å². The van der Waals surface area contributed by atoms with Crippen LogP contribution in [0.5, 0.6) is 0 Å². The highest BCUT2D eigenvalue weighted by molar-refractivity contribution is 5.51. The molecule has 2 rings (SSSR count). The Balaban J connectivity index is 2.15. The van der Waals surface area contributed by atoms with Crippen LogP contribution in [0.1, 0.15) is 31.9 Å². The Hall–Kier alpha value is -1.06. The zero-order valence-electron chi connectivity index (χ0n) is 12.5. The first-order valence-corrected chi connectivity index (χ1v) is 7.21. The lowest BCUT2D eigenvalue weighted by Crippen LogP contribution is -2.45. The largest absolute Gasteiger partial charge is 0.372 e. The Morgan fingerprint density at radius 3 is 2.47 bits per heavy atom. The van der Waals surface area contributed by atoms with Crippen LogP contribution >= 0.6 is 0 Å². The second kappa shape index (κ2) is 5.93. The molecular weight excluding hydrogens is 236 g/mol. The number of nitrogens with zero attached hydrogens (tertiary/aromatic N) is 1. The molecular formula is C16H26N2O. The van der Waals surface area contributed by atoms with Crippen molar-refractivity contribution in [1.29, 1.82) is 0 Å². The number of aryl methyl sites for hydroxylation is 1. The maximum atomic E-state index is 5.88. The summed E-state index contributed by atoms with van der Waals surface area (Å²) in [6.45, 7) is 10.4. The Morgan fingerprint density at radius 2 is 1.95 bits per heavy atom. The first kappa shape index (κ1) is 14.4. The molecule has 1 aliphatic heterocycles. The van der Waals surface area contributed by atoms with E-state index in [0.29, 0.717) is 12.2 Å². The molecule has 0 radical (unpaired) electrons. The van der Waals surface area contributed by atoms with Crippen LogP contribution in [-0.4, -0.2) is 31.3 Å². The molecule has 1 aromatic rings. The van der Waals surface area contributed by atoms with Gasteiger partial charge >= 0.3 is 0 Å². The third-order valence-corrected chi connectivity index (χ3v) is 3.65. The van der Waals surface area contributed by atoms with Gasteiger partial charge in [-0.15, -0.1) is 0 Å². The zero-order valence-corrected chi connectivity index (χ0v) is 12.5. The van der Waals surface area contributed by atoms with Gasteiger partial charge in [0.1, 0.15) is 0 Å². The van der Waals surface area contributed by atoms with Gasteiger partial charge in [-0.2, -0.15) is 0 Å². The Morgan fingerprint density at radius 1 is 1.32 bits per heavy atom. The third kappa shape index (κ3) is 3.71. The fourth-order valence-electron chi connectivity index (χ4n) is 2.84. The minimum Gasteiger partial charge on any atom is -0.372 e. The van der Waals surface area contributed by atoms with Gasteiger partial charge in [0.25, 0.3) is 0 Å². The van der Waals surface area contributed by atoms with Crippen molar-refractivity contribution in [1.82, 2.24) is 0 Å². The maximum absolute atomic E-state index is 5.88. The van der Waals surface area contributed by atoms with Crippen LogP contribution in [0.3, 0.4) is 0 Å². The van der Waals surface area contributed by atoms with Crippen LogP contribution in [0.4, 0.5) is 5.69 Å². The number of benzene rings is 1. The van der Waals surface area contributed by atoms with Crippen molar-refractivity contribution < 1.29 is 4.74 Å². The number of morpholine rings is 1. The van der Waals surface area contributed by atoms with Gasteiger partial charge < -0.3 is 15.4 Å². The van der Waals surface area contributed by atoms with Crippen LogP contribution in [0.2, 0.25) is 0 Å². The number of rotatable bonds is 3. The SMILES string of the molecule is Cc1cc(N2CC(C)OC(C)C2)ccc1CC(C)N. The quantitative estimate of drug-likeness (QED) is 0.909. The first-order chi connectivity index (χ1) is 8.95. The van der Waals surface area contributed by atoms with E-state index < -0.39 is 0 Å². The zero-order chi connectivity index (χ0) is 14.0. The summed E-state index contributed by atoms with van der Waals surface area (Å²) >= 11 is 0. The Kier molecular flexibility index (Phi) is 4.48. The lowest BCUT2D eigenvalue weighted by molar-refractivity contribution is -0.00522. The molecule has 3 nitrogen and oxygen atoms in total. The fraction of sp³-hybridized carbons (Fsp3) is 0.625. The second-order valence-corrected chi connectivity index (χ2v) is 5.95. The van der Waals surface area contributed by atoms with E-state index in [1.807, 2.05) is 0 Å². The van der Waals surface area contributed by atoms with E-state index in [1.54, 1.807) is 0 Å². The molecule has 3 unspecified atom stereocenters. The third-order valence-electron chi connectivity index (χ3n) is 3.65. The minimum atomic E-state index is 0.216. The molecule has 0 aliphatic carbocycles. The lowest BCUT2D eigenvalue weighted by atomic mass is 10.0. The van der Waals surface area contributed by atoms with Crippen LogP contribution in [0, 0.1) is 6.92 Å². The molecule has 19 heavy (non-hydrogen) atoms. The highest BCUT2D eigenvalue weighted by Crippen LogP contribution is 2.23. The molecule has 0 saturated carbocycles. The van der Waals surface area contributed by atoms with Gasteiger partial charge in [-0.1, -0.05) is 6.07 Å². The predicted octanol–water partition coefficient (Wildman–Crippen LogP) is 2.50. The predicted molar refractivity (Wildman–Crippen MR) is 80.8 cm³/mol. The van der Waals surface area contributed by atoms with Crippen LogP contribution in [-0.2, 0) is 11.2 Å². The molecule has 3 atom stereocenters. The standard InChI is InChI=1S/C16H26N2O/c1-11-7-16(6-5-15(11)8-12(2)17)18-9-13(3)19-14(4)10-18/h5-7,12-14H,8-10,17H2,1-4H3. The number of hydrogen-bond donors (Lipinski definition) is 1. The number of ether oxygens (including phenoxy) is 1. The molecule has 0 aromatic heterocycles. The van der Waals surface area contributed by atoms with Crippen molar-refractivity contribution >= 4 is 5.69 Å². The fourth-order valence-corrected chi connectivity index (χ4v) is 2.84. The number of nitrogens with two attached hydrogens (primary N) is 1. The van der Waals surface area contributed by atoms with E-state index in [4.69, 9.17) is 10.5 Å². The van der Waals surface area contributed by atoms with E-state index in [1.165, 1.54) is 16.8 Å². The average molecular weight is 262 g/mol. The highest BCUT2D eigenvalue weighted by atomic mass is 16.5. The molecule has 1 saturated heterocycles. The average Bonchev–Trinajstić information content (AvgIpc) is 2.30. The molecule has 1 heterocycles. The number of hydrogen-bond acceptors (Lipinski definition) is 3. The van der Waals surface area contributed by atoms with E-state index in [2.05, 4.69) is 50.8 Å². The molecule has 106 valence electrons. The molecule has 0 bridgehead atoms. The summed E-state index contributed by atoms with van der Waals surface area (Å²) in [7, 11) is 0. The van der Waals surface area contributed by atoms with Crippen molar-refractivity contribution in [3.05, 3.63) is 29.3 Å². The monoisotopic (exact) mass is 262 g/mol. The minimum absolute atomic E-state index is 0.216. The van der Waals surface area contributed by atoms with E-state index >= 15 is 0 Å². The van der Waals surface area contributed by atoms with Gasteiger partial charge in [0.2, 0.25) is 0 Å². The van der Waals surface area contributed by atoms with Crippen molar-refractivity contribution in [2.45, 2.75) is 52.4 Å². The molecule has 0 spiro atoms. The maximum Gasteiger partial charge on any atom is 0.0726 e. The van der Waals surface area contributed by atoms with E-state index in [9.17, 15) is 0 Å². The summed E-state index contributed by atoms with van der Waals surface area (Å²) in [5, 5.41) is 0. The molecule has 1 aromatic carbocycles. The Labute approximate surface area is 116 Å². The summed E-state index contributed by atoms with van der Waals surface area (Å²) in [4.78, 5) is 2.42. The van der Waals surface area contributed by atoms with E-state index in [0.717, 1.165) is 19.5 Å². The van der Waals surface area contributed by atoms with Crippen molar-refractivity contribution in [3.8, 4) is 0 Å². The summed E-state index contributed by atoms with van der Waals surface area (Å²) in [5.41, 5.74) is 9.87. The molecule has 0 amide bonds. The van der Waals surface area contributed by atoms with Gasteiger partial charge in [-0.3, -0.25) is 0 Å². The van der Waals surface area contributed by atoms with Gasteiger partial charge in [-0.25, -0.2) is 0 Å². The topological polar surface area (TPSA) is 38.5 Å². The lowest BCUT2D eigenvalue weighted by Gasteiger charge is -2.37.